The number of nitrogens with zero attached hydrogens (tertiary/aromatic N) is 1. The lowest BCUT2D eigenvalue weighted by atomic mass is 9.73. The van der Waals surface area contributed by atoms with Gasteiger partial charge in [-0.3, -0.25) is 4.79 Å². The van der Waals surface area contributed by atoms with Crippen LogP contribution in [0.3, 0.4) is 0 Å². The van der Waals surface area contributed by atoms with E-state index in [4.69, 9.17) is 4.74 Å². The van der Waals surface area contributed by atoms with Crippen LogP contribution in [0.1, 0.15) is 62.6 Å². The molecule has 2 aliphatic heterocycles. The number of carbonyl (C=O) groups is 1. The van der Waals surface area contributed by atoms with E-state index in [9.17, 15) is 9.90 Å². The number of aliphatic hydroxyl groups excluding tert-OH is 1. The van der Waals surface area contributed by atoms with E-state index in [2.05, 4.69) is 33.7 Å². The van der Waals surface area contributed by atoms with Crippen LogP contribution in [-0.4, -0.2) is 48.4 Å². The molecule has 3 atom stereocenters. The highest BCUT2D eigenvalue weighted by atomic mass is 16.5. The van der Waals surface area contributed by atoms with Crippen LogP contribution in [0.2, 0.25) is 0 Å². The fourth-order valence-corrected chi connectivity index (χ4v) is 5.71. The van der Waals surface area contributed by atoms with Crippen LogP contribution in [0.15, 0.2) is 48.5 Å². The van der Waals surface area contributed by atoms with Gasteiger partial charge in [0.25, 0.3) is 0 Å². The summed E-state index contributed by atoms with van der Waals surface area (Å²) in [5, 5.41) is 17.7. The number of aliphatic hydroxyl groups is 1. The molecule has 0 unspecified atom stereocenters. The van der Waals surface area contributed by atoms with Crippen LogP contribution < -0.4 is 20.3 Å². The molecule has 0 bridgehead atoms. The normalized spacial score (nSPS) is 22.4. The topological polar surface area (TPSA) is 73.8 Å². The van der Waals surface area contributed by atoms with E-state index >= 15 is 0 Å². The third-order valence-corrected chi connectivity index (χ3v) is 7.73. The van der Waals surface area contributed by atoms with Crippen LogP contribution in [0.5, 0.6) is 5.75 Å². The molecule has 2 fully saturated rings. The zero-order chi connectivity index (χ0) is 23.5. The SMILES string of the molecule is CC(=O)N[C@@H](Cc1ccccc1)[C@H](O)CN[C@H]1CC2(CCC2)Oc2ccc(N3CCCC3)cc21. The maximum absolute atomic E-state index is 11.8. The molecule has 34 heavy (non-hydrogen) atoms. The Morgan fingerprint density at radius 2 is 1.91 bits per heavy atom. The second-order valence-corrected chi connectivity index (χ2v) is 10.3. The fraction of sp³-hybridized carbons (Fsp3) is 0.536. The second-order valence-electron chi connectivity index (χ2n) is 10.3. The van der Waals surface area contributed by atoms with Gasteiger partial charge < -0.3 is 25.4 Å². The summed E-state index contributed by atoms with van der Waals surface area (Å²) in [5.74, 6) is 0.851. The number of ether oxygens (including phenoxy) is 1. The first-order chi connectivity index (χ1) is 16.5. The van der Waals surface area contributed by atoms with E-state index < -0.39 is 6.10 Å². The number of fused-ring (bicyclic) bond motifs is 1. The first-order valence-electron chi connectivity index (χ1n) is 12.8. The summed E-state index contributed by atoms with van der Waals surface area (Å²) in [7, 11) is 0. The van der Waals surface area contributed by atoms with Gasteiger partial charge in [-0.1, -0.05) is 30.3 Å². The number of hydrogen-bond acceptors (Lipinski definition) is 5. The lowest BCUT2D eigenvalue weighted by Gasteiger charge is -2.48. The zero-order valence-electron chi connectivity index (χ0n) is 20.1. The molecule has 0 radical (unpaired) electrons. The number of carbonyl (C=O) groups excluding carboxylic acids is 1. The first-order valence-corrected chi connectivity index (χ1v) is 12.8. The van der Waals surface area contributed by atoms with E-state index in [0.29, 0.717) is 13.0 Å². The number of amides is 1. The molecule has 1 spiro atoms. The standard InChI is InChI=1S/C28H37N3O3/c1-20(32)30-24(16-21-8-3-2-4-9-21)26(33)19-29-25-18-28(12-7-13-28)34-27-11-10-22(17-23(25)27)31-14-5-6-15-31/h2-4,8-11,17,24-26,29,33H,5-7,12-16,18-19H2,1H3,(H,30,32)/t24-,25-,26+/m0/s1. The predicted octanol–water partition coefficient (Wildman–Crippen LogP) is 3.73. The highest BCUT2D eigenvalue weighted by molar-refractivity contribution is 5.73. The molecule has 1 amide bonds. The molecule has 1 saturated heterocycles. The molecule has 3 aliphatic rings. The lowest BCUT2D eigenvalue weighted by Crippen LogP contribution is -2.52. The Labute approximate surface area is 202 Å². The van der Waals surface area contributed by atoms with Crippen LogP contribution in [-0.2, 0) is 11.2 Å². The van der Waals surface area contributed by atoms with Crippen LogP contribution in [0, 0.1) is 0 Å². The number of anilines is 1. The Bertz CT molecular complexity index is 986. The van der Waals surface area contributed by atoms with E-state index in [1.165, 1.54) is 37.4 Å². The van der Waals surface area contributed by atoms with Crippen molar-refractivity contribution in [3.63, 3.8) is 0 Å². The Balaban J connectivity index is 1.32. The van der Waals surface area contributed by atoms with Crippen LogP contribution in [0.25, 0.3) is 0 Å². The average Bonchev–Trinajstić information content (AvgIpc) is 3.36. The number of benzene rings is 2. The Hall–Kier alpha value is -2.57. The molecule has 5 rings (SSSR count). The van der Waals surface area contributed by atoms with Gasteiger partial charge in [0.1, 0.15) is 11.4 Å². The molecule has 2 heterocycles. The van der Waals surface area contributed by atoms with Crippen molar-refractivity contribution in [1.29, 1.82) is 0 Å². The van der Waals surface area contributed by atoms with Crippen molar-refractivity contribution in [3.8, 4) is 5.75 Å². The van der Waals surface area contributed by atoms with Gasteiger partial charge in [-0.15, -0.1) is 0 Å². The summed E-state index contributed by atoms with van der Waals surface area (Å²) in [6.45, 7) is 4.13. The van der Waals surface area contributed by atoms with Crippen molar-refractivity contribution < 1.29 is 14.6 Å². The van der Waals surface area contributed by atoms with Crippen LogP contribution in [0.4, 0.5) is 5.69 Å². The van der Waals surface area contributed by atoms with Crippen molar-refractivity contribution in [3.05, 3.63) is 59.7 Å². The zero-order valence-corrected chi connectivity index (χ0v) is 20.1. The van der Waals surface area contributed by atoms with E-state index in [1.54, 1.807) is 0 Å². The van der Waals surface area contributed by atoms with Gasteiger partial charge in [0.2, 0.25) is 5.91 Å². The molecular formula is C28H37N3O3. The molecular weight excluding hydrogens is 426 g/mol. The van der Waals surface area contributed by atoms with E-state index in [1.807, 2.05) is 30.3 Å². The Morgan fingerprint density at radius 1 is 1.15 bits per heavy atom. The summed E-state index contributed by atoms with van der Waals surface area (Å²) in [5.41, 5.74) is 3.47. The van der Waals surface area contributed by atoms with Crippen molar-refractivity contribution >= 4 is 11.6 Å². The predicted molar refractivity (Wildman–Crippen MR) is 134 cm³/mol. The van der Waals surface area contributed by atoms with Gasteiger partial charge >= 0.3 is 0 Å². The summed E-state index contributed by atoms with van der Waals surface area (Å²) in [6.07, 6.45) is 6.68. The summed E-state index contributed by atoms with van der Waals surface area (Å²) in [4.78, 5) is 14.3. The molecule has 0 aromatic heterocycles. The molecule has 1 saturated carbocycles. The minimum absolute atomic E-state index is 0.0775. The maximum atomic E-state index is 11.8. The van der Waals surface area contributed by atoms with Gasteiger partial charge in [-0.25, -0.2) is 0 Å². The number of nitrogens with one attached hydrogen (secondary N) is 2. The number of hydrogen-bond donors (Lipinski definition) is 3. The second kappa shape index (κ2) is 9.96. The summed E-state index contributed by atoms with van der Waals surface area (Å²) < 4.78 is 6.51. The smallest absolute Gasteiger partial charge is 0.217 e. The van der Waals surface area contributed by atoms with Gasteiger partial charge in [0, 0.05) is 50.3 Å². The highest BCUT2D eigenvalue weighted by Gasteiger charge is 2.45. The van der Waals surface area contributed by atoms with E-state index in [-0.39, 0.29) is 23.6 Å². The third kappa shape index (κ3) is 5.08. The maximum Gasteiger partial charge on any atom is 0.217 e. The summed E-state index contributed by atoms with van der Waals surface area (Å²) in [6, 6.07) is 16.4. The molecule has 6 heteroatoms. The first kappa shape index (κ1) is 23.2. The van der Waals surface area contributed by atoms with Gasteiger partial charge in [-0.2, -0.15) is 0 Å². The average molecular weight is 464 g/mol. The third-order valence-electron chi connectivity index (χ3n) is 7.73. The van der Waals surface area contributed by atoms with E-state index in [0.717, 1.165) is 43.7 Å². The molecule has 1 aliphatic carbocycles. The van der Waals surface area contributed by atoms with Crippen molar-refractivity contribution in [2.75, 3.05) is 24.5 Å². The molecule has 2 aromatic carbocycles. The van der Waals surface area contributed by atoms with Gasteiger partial charge in [0.15, 0.2) is 0 Å². The molecule has 6 nitrogen and oxygen atoms in total. The molecule has 182 valence electrons. The largest absolute Gasteiger partial charge is 0.487 e. The van der Waals surface area contributed by atoms with Crippen molar-refractivity contribution in [2.24, 2.45) is 0 Å². The van der Waals surface area contributed by atoms with Crippen LogP contribution >= 0.6 is 0 Å². The monoisotopic (exact) mass is 463 g/mol. The minimum atomic E-state index is -0.700. The fourth-order valence-electron chi connectivity index (χ4n) is 5.71. The Kier molecular flexibility index (Phi) is 6.79. The van der Waals surface area contributed by atoms with Gasteiger partial charge in [-0.05, 0) is 62.3 Å². The van der Waals surface area contributed by atoms with Crippen molar-refractivity contribution in [1.82, 2.24) is 10.6 Å². The molecule has 2 aromatic rings. The number of rotatable bonds is 8. The summed E-state index contributed by atoms with van der Waals surface area (Å²) >= 11 is 0. The van der Waals surface area contributed by atoms with Crippen molar-refractivity contribution in [2.45, 2.75) is 75.7 Å². The molecule has 3 N–H and O–H groups in total. The van der Waals surface area contributed by atoms with Gasteiger partial charge in [0.05, 0.1) is 12.1 Å². The minimum Gasteiger partial charge on any atom is -0.487 e. The highest BCUT2D eigenvalue weighted by Crippen LogP contribution is 2.49. The quantitative estimate of drug-likeness (QED) is 0.556. The lowest BCUT2D eigenvalue weighted by molar-refractivity contribution is -0.120. The Morgan fingerprint density at radius 3 is 2.59 bits per heavy atom.